The molecule has 208 valence electrons. The van der Waals surface area contributed by atoms with E-state index >= 15 is 0 Å². The van der Waals surface area contributed by atoms with Gasteiger partial charge in [0.1, 0.15) is 11.5 Å². The van der Waals surface area contributed by atoms with Gasteiger partial charge in [-0.25, -0.2) is 4.79 Å². The summed E-state index contributed by atoms with van der Waals surface area (Å²) in [6.07, 6.45) is 0.765. The number of methoxy groups -OCH3 is 1. The van der Waals surface area contributed by atoms with Crippen LogP contribution < -0.4 is 0 Å². The molecule has 0 radical (unpaired) electrons. The molecule has 1 fully saturated rings. The summed E-state index contributed by atoms with van der Waals surface area (Å²) >= 11 is 0. The zero-order chi connectivity index (χ0) is 27.5. The van der Waals surface area contributed by atoms with Crippen molar-refractivity contribution in [2.24, 2.45) is 0 Å². The van der Waals surface area contributed by atoms with E-state index in [2.05, 4.69) is 21.9 Å². The van der Waals surface area contributed by atoms with Crippen molar-refractivity contribution >= 4 is 11.9 Å². The molecule has 8 nitrogen and oxygen atoms in total. The van der Waals surface area contributed by atoms with Gasteiger partial charge in [-0.15, -0.1) is 0 Å². The molecule has 1 aromatic heterocycles. The van der Waals surface area contributed by atoms with Crippen molar-refractivity contribution in [2.45, 2.75) is 26.4 Å². The maximum Gasteiger partial charge on any atom is 0.337 e. The highest BCUT2D eigenvalue weighted by atomic mass is 16.5. The van der Waals surface area contributed by atoms with Gasteiger partial charge in [0.25, 0.3) is 0 Å². The third-order valence-electron chi connectivity index (χ3n) is 6.96. The molecule has 3 aromatic rings. The number of esters is 1. The first kappa shape index (κ1) is 28.5. The van der Waals surface area contributed by atoms with Crippen LogP contribution in [0.1, 0.15) is 33.0 Å². The number of ether oxygens (including phenoxy) is 2. The lowest BCUT2D eigenvalue weighted by molar-refractivity contribution is -0.133. The fourth-order valence-electron chi connectivity index (χ4n) is 4.74. The largest absolute Gasteiger partial charge is 0.465 e. The number of hydrogen-bond donors (Lipinski definition) is 0. The Bertz CT molecular complexity index is 1190. The molecule has 2 aromatic carbocycles. The molecule has 2 heterocycles. The maximum absolute atomic E-state index is 13.8. The molecule has 0 atom stereocenters. The Kier molecular flexibility index (Phi) is 10.7. The van der Waals surface area contributed by atoms with Gasteiger partial charge >= 0.3 is 5.97 Å². The van der Waals surface area contributed by atoms with Crippen molar-refractivity contribution < 1.29 is 23.5 Å². The smallest absolute Gasteiger partial charge is 0.337 e. The minimum Gasteiger partial charge on any atom is -0.465 e. The van der Waals surface area contributed by atoms with Crippen molar-refractivity contribution in [3.05, 3.63) is 94.9 Å². The lowest BCUT2D eigenvalue weighted by Gasteiger charge is -2.31. The van der Waals surface area contributed by atoms with Crippen LogP contribution in [0.25, 0.3) is 0 Å². The van der Waals surface area contributed by atoms with Crippen molar-refractivity contribution in [1.82, 2.24) is 14.7 Å². The summed E-state index contributed by atoms with van der Waals surface area (Å²) in [4.78, 5) is 32.3. The van der Waals surface area contributed by atoms with E-state index in [-0.39, 0.29) is 18.4 Å². The number of amides is 1. The molecule has 1 aliphatic heterocycles. The van der Waals surface area contributed by atoms with Crippen molar-refractivity contribution in [2.75, 3.05) is 59.6 Å². The third kappa shape index (κ3) is 9.06. The molecule has 0 N–H and O–H groups in total. The number of nitrogens with zero attached hydrogens (tertiary/aromatic N) is 3. The minimum atomic E-state index is -0.367. The molecule has 0 unspecified atom stereocenters. The quantitative estimate of drug-likeness (QED) is 0.310. The second-order valence-corrected chi connectivity index (χ2v) is 9.92. The van der Waals surface area contributed by atoms with E-state index in [1.54, 1.807) is 6.07 Å². The van der Waals surface area contributed by atoms with Crippen LogP contribution in [-0.4, -0.2) is 86.2 Å². The van der Waals surface area contributed by atoms with Gasteiger partial charge in [-0.1, -0.05) is 42.5 Å². The van der Waals surface area contributed by atoms with Crippen LogP contribution in [-0.2, 0) is 33.8 Å². The first-order valence-corrected chi connectivity index (χ1v) is 13.6. The predicted octanol–water partition coefficient (Wildman–Crippen LogP) is 3.78. The van der Waals surface area contributed by atoms with Crippen molar-refractivity contribution in [3.63, 3.8) is 0 Å². The summed E-state index contributed by atoms with van der Waals surface area (Å²) in [5.74, 6) is 1.29. The highest BCUT2D eigenvalue weighted by Crippen LogP contribution is 2.14. The minimum absolute atomic E-state index is 0.0473. The first-order chi connectivity index (χ1) is 19.0. The number of rotatable bonds is 13. The summed E-state index contributed by atoms with van der Waals surface area (Å²) in [6, 6.07) is 21.5. The Balaban J connectivity index is 1.48. The fourth-order valence-corrected chi connectivity index (χ4v) is 4.74. The van der Waals surface area contributed by atoms with Crippen molar-refractivity contribution in [3.8, 4) is 0 Å². The molecule has 0 aliphatic carbocycles. The number of carbonyl (C=O) groups is 2. The highest BCUT2D eigenvalue weighted by Gasteiger charge is 2.21. The molecule has 1 saturated heterocycles. The second-order valence-electron chi connectivity index (χ2n) is 9.92. The van der Waals surface area contributed by atoms with Gasteiger partial charge in [-0.3, -0.25) is 14.6 Å². The van der Waals surface area contributed by atoms with E-state index < -0.39 is 0 Å². The molecule has 0 saturated carbocycles. The Hall–Kier alpha value is -3.46. The van der Waals surface area contributed by atoms with E-state index in [1.807, 2.05) is 60.4 Å². The number of hydrogen-bond acceptors (Lipinski definition) is 7. The first-order valence-electron chi connectivity index (χ1n) is 13.6. The molecule has 1 amide bonds. The average molecular weight is 534 g/mol. The SMILES string of the molecule is COC(=O)c1cccc(CN(CCN2CCOCC2)CC(=O)N(CCc2ccccc2)Cc2ccc(C)o2)c1. The second kappa shape index (κ2) is 14.6. The van der Waals surface area contributed by atoms with Crippen LogP contribution in [0.4, 0.5) is 0 Å². The number of morpholine rings is 1. The number of benzene rings is 2. The predicted molar refractivity (Wildman–Crippen MR) is 149 cm³/mol. The number of carbonyl (C=O) groups excluding carboxylic acids is 2. The normalized spacial score (nSPS) is 13.9. The van der Waals surface area contributed by atoms with Gasteiger partial charge in [0.2, 0.25) is 5.91 Å². The van der Waals surface area contributed by atoms with Crippen molar-refractivity contribution in [1.29, 1.82) is 0 Å². The molecule has 4 rings (SSSR count). The van der Waals surface area contributed by atoms with Crippen LogP contribution in [0.3, 0.4) is 0 Å². The molecular weight excluding hydrogens is 494 g/mol. The van der Waals surface area contributed by atoms with E-state index in [0.717, 1.165) is 62.9 Å². The zero-order valence-electron chi connectivity index (χ0n) is 23.0. The summed E-state index contributed by atoms with van der Waals surface area (Å²) in [5.41, 5.74) is 2.66. The molecule has 1 aliphatic rings. The van der Waals surface area contributed by atoms with Gasteiger partial charge in [-0.05, 0) is 48.7 Å². The molecule has 0 spiro atoms. The van der Waals surface area contributed by atoms with Gasteiger partial charge in [0, 0.05) is 39.3 Å². The number of furan rings is 1. The average Bonchev–Trinajstić information content (AvgIpc) is 3.39. The molecule has 8 heteroatoms. The highest BCUT2D eigenvalue weighted by molar-refractivity contribution is 5.89. The summed E-state index contributed by atoms with van der Waals surface area (Å²) in [6.45, 7) is 8.55. The topological polar surface area (TPSA) is 75.5 Å². The molecule has 39 heavy (non-hydrogen) atoms. The van der Waals surface area contributed by atoms with Crippen LogP contribution in [0.2, 0.25) is 0 Å². The van der Waals surface area contributed by atoms with Crippen LogP contribution in [0, 0.1) is 6.92 Å². The fraction of sp³-hybridized carbons (Fsp3) is 0.419. The summed E-state index contributed by atoms with van der Waals surface area (Å²) in [7, 11) is 1.38. The van der Waals surface area contributed by atoms with E-state index in [0.29, 0.717) is 25.2 Å². The maximum atomic E-state index is 13.8. The van der Waals surface area contributed by atoms with Gasteiger partial charge < -0.3 is 18.8 Å². The third-order valence-corrected chi connectivity index (χ3v) is 6.96. The Labute approximate surface area is 231 Å². The Morgan fingerprint density at radius 1 is 0.923 bits per heavy atom. The van der Waals surface area contributed by atoms with Crippen LogP contribution >= 0.6 is 0 Å². The lowest BCUT2D eigenvalue weighted by Crippen LogP contribution is -2.45. The lowest BCUT2D eigenvalue weighted by atomic mass is 10.1. The van der Waals surface area contributed by atoms with E-state index in [4.69, 9.17) is 13.9 Å². The summed E-state index contributed by atoms with van der Waals surface area (Å²) in [5, 5.41) is 0. The standard InChI is InChI=1S/C31H39N3O5/c1-25-11-12-29(39-25)23-34(14-13-26-7-4-3-5-8-26)30(35)24-33(16-15-32-17-19-38-20-18-32)22-27-9-6-10-28(21-27)31(36)37-2/h3-12,21H,13-20,22-24H2,1-2H3. The van der Waals surface area contributed by atoms with Gasteiger partial charge in [-0.2, -0.15) is 0 Å². The zero-order valence-corrected chi connectivity index (χ0v) is 23.0. The summed E-state index contributed by atoms with van der Waals surface area (Å²) < 4.78 is 16.2. The van der Waals surface area contributed by atoms with Crippen LogP contribution in [0.15, 0.2) is 71.1 Å². The Morgan fingerprint density at radius 3 is 2.41 bits per heavy atom. The van der Waals surface area contributed by atoms with E-state index in [1.165, 1.54) is 12.7 Å². The molecular formula is C31H39N3O5. The monoisotopic (exact) mass is 533 g/mol. The van der Waals surface area contributed by atoms with Crippen LogP contribution in [0.5, 0.6) is 0 Å². The van der Waals surface area contributed by atoms with Gasteiger partial charge in [0.05, 0.1) is 39.0 Å². The number of aryl methyl sites for hydroxylation is 1. The van der Waals surface area contributed by atoms with E-state index in [9.17, 15) is 9.59 Å². The van der Waals surface area contributed by atoms with Gasteiger partial charge in [0.15, 0.2) is 0 Å². The molecule has 0 bridgehead atoms. The Morgan fingerprint density at radius 2 is 1.69 bits per heavy atom.